The molecule has 2 aromatic rings. The quantitative estimate of drug-likeness (QED) is 0.740. The van der Waals surface area contributed by atoms with Crippen molar-refractivity contribution in [2.45, 2.75) is 25.8 Å². The van der Waals surface area contributed by atoms with E-state index in [9.17, 15) is 4.79 Å². The van der Waals surface area contributed by atoms with E-state index < -0.39 is 0 Å². The van der Waals surface area contributed by atoms with Crippen LogP contribution in [0.2, 0.25) is 0 Å². The molecule has 2 heterocycles. The first-order chi connectivity index (χ1) is 10.3. The molecular weight excluding hydrogens is 286 g/mol. The Balaban J connectivity index is 2.10. The van der Waals surface area contributed by atoms with Crippen LogP contribution in [0.1, 0.15) is 46.9 Å². The smallest absolute Gasteiger partial charge is 0.263 e. The lowest BCUT2D eigenvalue weighted by molar-refractivity contribution is 0.0938. The van der Waals surface area contributed by atoms with Crippen molar-refractivity contribution in [2.24, 2.45) is 0 Å². The Morgan fingerprint density at radius 3 is 3.14 bits per heavy atom. The van der Waals surface area contributed by atoms with Crippen molar-refractivity contribution >= 4 is 17.2 Å². The van der Waals surface area contributed by atoms with Crippen LogP contribution in [0, 0.1) is 11.8 Å². The number of hydrogen-bond acceptors (Lipinski definition) is 4. The van der Waals surface area contributed by atoms with Crippen LogP contribution in [0.15, 0.2) is 23.8 Å². The van der Waals surface area contributed by atoms with Gasteiger partial charge in [0.15, 0.2) is 0 Å². The summed E-state index contributed by atoms with van der Waals surface area (Å²) in [6.07, 6.45) is 4.55. The molecule has 2 rings (SSSR count). The molecule has 0 bridgehead atoms. The summed E-state index contributed by atoms with van der Waals surface area (Å²) in [4.78, 5) is 20.2. The summed E-state index contributed by atoms with van der Waals surface area (Å²) in [6, 6.07) is 1.67. The molecule has 0 spiro atoms. The highest BCUT2D eigenvalue weighted by Crippen LogP contribution is 2.18. The fourth-order valence-corrected chi connectivity index (χ4v) is 2.60. The summed E-state index contributed by atoms with van der Waals surface area (Å²) in [6.45, 7) is 2.01. The summed E-state index contributed by atoms with van der Waals surface area (Å²) in [7, 11) is 0. The van der Waals surface area contributed by atoms with Crippen molar-refractivity contribution in [2.75, 3.05) is 6.61 Å². The van der Waals surface area contributed by atoms with E-state index in [1.807, 2.05) is 18.4 Å². The number of rotatable bonds is 5. The molecule has 2 aromatic heterocycles. The molecule has 1 atom stereocenters. The van der Waals surface area contributed by atoms with Crippen molar-refractivity contribution in [3.05, 3.63) is 40.1 Å². The summed E-state index contributed by atoms with van der Waals surface area (Å²) in [5.74, 6) is 6.35. The number of amides is 1. The van der Waals surface area contributed by atoms with E-state index in [1.165, 1.54) is 11.3 Å². The highest BCUT2D eigenvalue weighted by molar-refractivity contribution is 7.12. The Morgan fingerprint density at radius 1 is 1.62 bits per heavy atom. The van der Waals surface area contributed by atoms with Crippen LogP contribution in [0.25, 0.3) is 0 Å². The lowest BCUT2D eigenvalue weighted by atomic mass is 10.2. The van der Waals surface area contributed by atoms with Gasteiger partial charge in [-0.15, -0.1) is 11.3 Å². The highest BCUT2D eigenvalue weighted by atomic mass is 32.1. The van der Waals surface area contributed by atoms with Crippen molar-refractivity contribution in [3.8, 4) is 11.8 Å². The average molecular weight is 303 g/mol. The van der Waals surface area contributed by atoms with Gasteiger partial charge in [-0.2, -0.15) is 0 Å². The molecule has 5 nitrogen and oxygen atoms in total. The van der Waals surface area contributed by atoms with Crippen LogP contribution >= 0.6 is 11.3 Å². The van der Waals surface area contributed by atoms with Crippen LogP contribution in [-0.2, 0) is 0 Å². The van der Waals surface area contributed by atoms with Crippen molar-refractivity contribution in [1.82, 2.24) is 15.3 Å². The Morgan fingerprint density at radius 2 is 2.48 bits per heavy atom. The van der Waals surface area contributed by atoms with Gasteiger partial charge < -0.3 is 15.4 Å². The second-order valence-electron chi connectivity index (χ2n) is 4.35. The Labute approximate surface area is 127 Å². The lowest BCUT2D eigenvalue weighted by Gasteiger charge is -2.14. The molecule has 0 saturated carbocycles. The first kappa shape index (κ1) is 15.3. The van der Waals surface area contributed by atoms with E-state index in [0.717, 1.165) is 12.2 Å². The Hall–Kier alpha value is -2.10. The van der Waals surface area contributed by atoms with Gasteiger partial charge in [-0.1, -0.05) is 18.8 Å². The minimum Gasteiger partial charge on any atom is -0.395 e. The summed E-state index contributed by atoms with van der Waals surface area (Å²) < 4.78 is 0. The third-order valence-electron chi connectivity index (χ3n) is 2.89. The number of hydrogen-bond donors (Lipinski definition) is 3. The molecule has 0 fully saturated rings. The zero-order valence-corrected chi connectivity index (χ0v) is 12.5. The molecule has 0 aromatic carbocycles. The van der Waals surface area contributed by atoms with E-state index in [-0.39, 0.29) is 18.6 Å². The van der Waals surface area contributed by atoms with Crippen LogP contribution in [-0.4, -0.2) is 27.6 Å². The molecule has 0 aliphatic rings. The number of imidazole rings is 1. The number of carbonyl (C=O) groups excluding carboxylic acids is 1. The Bertz CT molecular complexity index is 637. The van der Waals surface area contributed by atoms with Crippen molar-refractivity contribution in [3.63, 3.8) is 0 Å². The zero-order chi connectivity index (χ0) is 15.1. The van der Waals surface area contributed by atoms with Crippen LogP contribution in [0.4, 0.5) is 0 Å². The first-order valence-electron chi connectivity index (χ1n) is 6.73. The molecule has 0 aliphatic carbocycles. The number of aliphatic hydroxyl groups excluding tert-OH is 1. The van der Waals surface area contributed by atoms with Gasteiger partial charge in [-0.3, -0.25) is 4.79 Å². The van der Waals surface area contributed by atoms with E-state index in [4.69, 9.17) is 5.11 Å². The van der Waals surface area contributed by atoms with Gasteiger partial charge in [-0.25, -0.2) is 4.98 Å². The SMILES string of the molecule is CCC(NC(=O)c1sccc1C#CCCO)c1ncc[nH]1. The highest BCUT2D eigenvalue weighted by Gasteiger charge is 2.18. The largest absolute Gasteiger partial charge is 0.395 e. The van der Waals surface area contributed by atoms with Gasteiger partial charge in [0.1, 0.15) is 10.7 Å². The maximum atomic E-state index is 12.4. The monoisotopic (exact) mass is 303 g/mol. The second kappa shape index (κ2) is 7.62. The van der Waals surface area contributed by atoms with Crippen LogP contribution in [0.3, 0.4) is 0 Å². The molecule has 1 amide bonds. The standard InChI is InChI=1S/C15H17N3O2S/c1-2-12(14-16-7-8-17-14)18-15(20)13-11(6-10-21-13)5-3-4-9-19/h6-8,10,12,19H,2,4,9H2,1H3,(H,16,17)(H,18,20). The second-order valence-corrected chi connectivity index (χ2v) is 5.26. The lowest BCUT2D eigenvalue weighted by Crippen LogP contribution is -2.28. The van der Waals surface area contributed by atoms with Gasteiger partial charge in [0, 0.05) is 24.4 Å². The summed E-state index contributed by atoms with van der Waals surface area (Å²) in [5.41, 5.74) is 0.695. The molecule has 6 heteroatoms. The topological polar surface area (TPSA) is 78.0 Å². The number of H-pyrrole nitrogens is 1. The van der Waals surface area contributed by atoms with Gasteiger partial charge in [0.05, 0.1) is 12.6 Å². The fourth-order valence-electron chi connectivity index (χ4n) is 1.85. The normalized spacial score (nSPS) is 11.5. The minimum absolute atomic E-state index is 0.0229. The zero-order valence-electron chi connectivity index (χ0n) is 11.7. The Kier molecular flexibility index (Phi) is 5.55. The van der Waals surface area contributed by atoms with Gasteiger partial charge in [-0.05, 0) is 17.9 Å². The number of nitrogens with one attached hydrogen (secondary N) is 2. The minimum atomic E-state index is -0.151. The van der Waals surface area contributed by atoms with Gasteiger partial charge in [0.25, 0.3) is 5.91 Å². The maximum Gasteiger partial charge on any atom is 0.263 e. The number of aromatic nitrogens is 2. The third kappa shape index (κ3) is 3.94. The molecular formula is C15H17N3O2S. The summed E-state index contributed by atoms with van der Waals surface area (Å²) >= 11 is 1.36. The molecule has 0 radical (unpaired) electrons. The van der Waals surface area contributed by atoms with E-state index in [1.54, 1.807) is 12.4 Å². The van der Waals surface area contributed by atoms with Gasteiger partial charge in [0.2, 0.25) is 0 Å². The van der Waals surface area contributed by atoms with Crippen molar-refractivity contribution in [1.29, 1.82) is 0 Å². The van der Waals surface area contributed by atoms with E-state index >= 15 is 0 Å². The summed E-state index contributed by atoms with van der Waals surface area (Å²) in [5, 5.41) is 13.5. The predicted octanol–water partition coefficient (Wildman–Crippen LogP) is 2.09. The number of nitrogens with zero attached hydrogens (tertiary/aromatic N) is 1. The molecule has 0 saturated heterocycles. The number of aromatic amines is 1. The molecule has 3 N–H and O–H groups in total. The molecule has 1 unspecified atom stereocenters. The average Bonchev–Trinajstić information content (AvgIpc) is 3.16. The predicted molar refractivity (Wildman–Crippen MR) is 82.0 cm³/mol. The van der Waals surface area contributed by atoms with E-state index in [0.29, 0.717) is 16.9 Å². The maximum absolute atomic E-state index is 12.4. The molecule has 21 heavy (non-hydrogen) atoms. The molecule has 110 valence electrons. The number of thiophene rings is 1. The van der Waals surface area contributed by atoms with Gasteiger partial charge >= 0.3 is 0 Å². The molecule has 0 aliphatic heterocycles. The van der Waals surface area contributed by atoms with Crippen LogP contribution in [0.5, 0.6) is 0 Å². The van der Waals surface area contributed by atoms with E-state index in [2.05, 4.69) is 27.1 Å². The number of aliphatic hydroxyl groups is 1. The van der Waals surface area contributed by atoms with Crippen molar-refractivity contribution < 1.29 is 9.90 Å². The third-order valence-corrected chi connectivity index (χ3v) is 3.81. The first-order valence-corrected chi connectivity index (χ1v) is 7.61. The number of carbonyl (C=O) groups is 1. The fraction of sp³-hybridized carbons (Fsp3) is 0.333. The van der Waals surface area contributed by atoms with Crippen LogP contribution < -0.4 is 5.32 Å².